The van der Waals surface area contributed by atoms with E-state index in [2.05, 4.69) is 16.3 Å². The van der Waals surface area contributed by atoms with Crippen LogP contribution in [0, 0.1) is 0 Å². The van der Waals surface area contributed by atoms with Gasteiger partial charge in [0.05, 0.1) is 7.11 Å². The zero-order chi connectivity index (χ0) is 16.2. The van der Waals surface area contributed by atoms with Gasteiger partial charge in [-0.3, -0.25) is 0 Å². The quantitative estimate of drug-likeness (QED) is 0.641. The Labute approximate surface area is 144 Å². The van der Waals surface area contributed by atoms with E-state index in [1.807, 2.05) is 54.1 Å². The fourth-order valence-corrected chi connectivity index (χ4v) is 3.27. The lowest BCUT2D eigenvalue weighted by Crippen LogP contribution is -1.95. The van der Waals surface area contributed by atoms with Gasteiger partial charge in [-0.2, -0.15) is 0 Å². The number of methoxy groups -OCH3 is 1. The maximum absolute atomic E-state index is 6.05. The van der Waals surface area contributed by atoms with Crippen molar-refractivity contribution in [1.82, 2.24) is 14.8 Å². The van der Waals surface area contributed by atoms with Gasteiger partial charge in [0, 0.05) is 23.4 Å². The summed E-state index contributed by atoms with van der Waals surface area (Å²) in [4.78, 5) is 0. The third-order valence-electron chi connectivity index (χ3n) is 3.42. The predicted octanol–water partition coefficient (Wildman–Crippen LogP) is 4.44. The van der Waals surface area contributed by atoms with E-state index in [1.54, 1.807) is 18.9 Å². The van der Waals surface area contributed by atoms with Crippen LogP contribution < -0.4 is 4.74 Å². The molecule has 23 heavy (non-hydrogen) atoms. The van der Waals surface area contributed by atoms with Gasteiger partial charge in [0.15, 0.2) is 11.0 Å². The van der Waals surface area contributed by atoms with Gasteiger partial charge in [0.2, 0.25) is 0 Å². The first kappa shape index (κ1) is 15.9. The fraction of sp³-hybridized carbons (Fsp3) is 0.176. The van der Waals surface area contributed by atoms with Gasteiger partial charge in [-0.1, -0.05) is 47.6 Å². The summed E-state index contributed by atoms with van der Waals surface area (Å²) in [5.74, 6) is 2.47. The second kappa shape index (κ2) is 7.06. The third kappa shape index (κ3) is 3.68. The highest BCUT2D eigenvalue weighted by Gasteiger charge is 2.11. The smallest absolute Gasteiger partial charge is 0.191 e. The molecule has 4 nitrogen and oxygen atoms in total. The fourth-order valence-electron chi connectivity index (χ4n) is 2.23. The number of benzene rings is 2. The molecule has 0 aliphatic carbocycles. The second-order valence-corrected chi connectivity index (χ2v) is 6.39. The summed E-state index contributed by atoms with van der Waals surface area (Å²) >= 11 is 7.69. The molecule has 0 N–H and O–H groups in total. The summed E-state index contributed by atoms with van der Waals surface area (Å²) in [5.41, 5.74) is 2.14. The van der Waals surface area contributed by atoms with Crippen molar-refractivity contribution < 1.29 is 4.74 Å². The summed E-state index contributed by atoms with van der Waals surface area (Å²) in [6.45, 7) is 0. The monoisotopic (exact) mass is 345 g/mol. The van der Waals surface area contributed by atoms with E-state index in [-0.39, 0.29) is 0 Å². The standard InChI is InChI=1S/C17H16ClN3OS/c1-21-16(13-6-4-7-14(18)10-13)19-20-17(21)23-11-12-5-3-8-15(9-12)22-2/h3-10H,11H2,1-2H3. The number of halogens is 1. The van der Waals surface area contributed by atoms with Crippen LogP contribution in [0.15, 0.2) is 53.7 Å². The zero-order valence-corrected chi connectivity index (χ0v) is 14.4. The Hall–Kier alpha value is -1.98. The van der Waals surface area contributed by atoms with Gasteiger partial charge in [-0.25, -0.2) is 0 Å². The summed E-state index contributed by atoms with van der Waals surface area (Å²) in [6.07, 6.45) is 0. The van der Waals surface area contributed by atoms with E-state index < -0.39 is 0 Å². The van der Waals surface area contributed by atoms with Crippen LogP contribution in [-0.2, 0) is 12.8 Å². The van der Waals surface area contributed by atoms with Crippen molar-refractivity contribution in [3.8, 4) is 17.1 Å². The molecule has 0 saturated carbocycles. The molecule has 0 unspecified atom stereocenters. The first-order valence-corrected chi connectivity index (χ1v) is 8.45. The number of ether oxygens (including phenoxy) is 1. The van der Waals surface area contributed by atoms with Gasteiger partial charge >= 0.3 is 0 Å². The van der Waals surface area contributed by atoms with Crippen molar-refractivity contribution in [2.24, 2.45) is 7.05 Å². The van der Waals surface area contributed by atoms with Gasteiger partial charge in [0.1, 0.15) is 5.75 Å². The van der Waals surface area contributed by atoms with Crippen LogP contribution in [0.5, 0.6) is 5.75 Å². The molecule has 0 atom stereocenters. The van der Waals surface area contributed by atoms with Crippen molar-refractivity contribution in [1.29, 1.82) is 0 Å². The van der Waals surface area contributed by atoms with E-state index >= 15 is 0 Å². The molecule has 0 amide bonds. The molecule has 0 aliphatic heterocycles. The Morgan fingerprint density at radius 1 is 1.13 bits per heavy atom. The molecule has 6 heteroatoms. The predicted molar refractivity (Wildman–Crippen MR) is 94.0 cm³/mol. The number of hydrogen-bond acceptors (Lipinski definition) is 4. The Balaban J connectivity index is 1.77. The van der Waals surface area contributed by atoms with Crippen LogP contribution in [0.3, 0.4) is 0 Å². The number of nitrogens with zero attached hydrogens (tertiary/aromatic N) is 3. The van der Waals surface area contributed by atoms with Crippen molar-refractivity contribution in [2.45, 2.75) is 10.9 Å². The molecule has 0 radical (unpaired) electrons. The number of rotatable bonds is 5. The highest BCUT2D eigenvalue weighted by molar-refractivity contribution is 7.98. The molecular formula is C17H16ClN3OS. The first-order valence-electron chi connectivity index (χ1n) is 7.08. The van der Waals surface area contributed by atoms with Crippen molar-refractivity contribution in [3.05, 3.63) is 59.1 Å². The highest BCUT2D eigenvalue weighted by atomic mass is 35.5. The minimum Gasteiger partial charge on any atom is -0.497 e. The van der Waals surface area contributed by atoms with Gasteiger partial charge in [-0.05, 0) is 29.8 Å². The lowest BCUT2D eigenvalue weighted by molar-refractivity contribution is 0.414. The Bertz CT molecular complexity index is 819. The SMILES string of the molecule is COc1cccc(CSc2nnc(-c3cccc(Cl)c3)n2C)c1. The number of aromatic nitrogens is 3. The van der Waals surface area contributed by atoms with Crippen molar-refractivity contribution >= 4 is 23.4 Å². The maximum atomic E-state index is 6.05. The van der Waals surface area contributed by atoms with Crippen molar-refractivity contribution in [3.63, 3.8) is 0 Å². The Morgan fingerprint density at radius 3 is 2.74 bits per heavy atom. The molecule has 3 rings (SSSR count). The highest BCUT2D eigenvalue weighted by Crippen LogP contribution is 2.27. The topological polar surface area (TPSA) is 39.9 Å². The van der Waals surface area contributed by atoms with Crippen LogP contribution in [0.25, 0.3) is 11.4 Å². The minimum absolute atomic E-state index is 0.691. The number of thioether (sulfide) groups is 1. The van der Waals surface area contributed by atoms with E-state index in [1.165, 1.54) is 5.56 Å². The molecule has 1 heterocycles. The molecule has 0 aliphatic rings. The van der Waals surface area contributed by atoms with E-state index in [9.17, 15) is 0 Å². The average Bonchev–Trinajstić information content (AvgIpc) is 2.94. The van der Waals surface area contributed by atoms with Gasteiger partial charge < -0.3 is 9.30 Å². The Morgan fingerprint density at radius 2 is 1.96 bits per heavy atom. The van der Waals surface area contributed by atoms with E-state index in [4.69, 9.17) is 16.3 Å². The van der Waals surface area contributed by atoms with Gasteiger partial charge in [-0.15, -0.1) is 10.2 Å². The molecule has 0 fully saturated rings. The van der Waals surface area contributed by atoms with Crippen LogP contribution in [0.1, 0.15) is 5.56 Å². The minimum atomic E-state index is 0.691. The molecule has 0 saturated heterocycles. The lowest BCUT2D eigenvalue weighted by atomic mass is 10.2. The molecule has 0 bridgehead atoms. The van der Waals surface area contributed by atoms with E-state index in [0.717, 1.165) is 28.0 Å². The number of hydrogen-bond donors (Lipinski definition) is 0. The summed E-state index contributed by atoms with van der Waals surface area (Å²) in [6, 6.07) is 15.7. The summed E-state index contributed by atoms with van der Waals surface area (Å²) < 4.78 is 7.23. The van der Waals surface area contributed by atoms with Crippen molar-refractivity contribution in [2.75, 3.05) is 7.11 Å². The summed E-state index contributed by atoms with van der Waals surface area (Å²) in [7, 11) is 3.64. The van der Waals surface area contributed by atoms with E-state index in [0.29, 0.717) is 5.02 Å². The zero-order valence-electron chi connectivity index (χ0n) is 12.9. The average molecular weight is 346 g/mol. The maximum Gasteiger partial charge on any atom is 0.191 e. The molecule has 3 aromatic rings. The third-order valence-corrected chi connectivity index (χ3v) is 4.75. The molecule has 1 aromatic heterocycles. The molecule has 0 spiro atoms. The molecule has 118 valence electrons. The molecular weight excluding hydrogens is 330 g/mol. The van der Waals surface area contributed by atoms with Crippen LogP contribution >= 0.6 is 23.4 Å². The first-order chi connectivity index (χ1) is 11.2. The van der Waals surface area contributed by atoms with Crippen LogP contribution in [-0.4, -0.2) is 21.9 Å². The van der Waals surface area contributed by atoms with Crippen LogP contribution in [0.4, 0.5) is 0 Å². The second-order valence-electron chi connectivity index (χ2n) is 5.02. The lowest BCUT2D eigenvalue weighted by Gasteiger charge is -2.05. The summed E-state index contributed by atoms with van der Waals surface area (Å²) in [5, 5.41) is 10.1. The Kier molecular flexibility index (Phi) is 4.88. The van der Waals surface area contributed by atoms with Crippen LogP contribution in [0.2, 0.25) is 5.02 Å². The largest absolute Gasteiger partial charge is 0.497 e. The normalized spacial score (nSPS) is 10.7. The molecule has 2 aromatic carbocycles. The van der Waals surface area contributed by atoms with Gasteiger partial charge in [0.25, 0.3) is 0 Å².